The molecule has 1 aliphatic rings. The van der Waals surface area contributed by atoms with Crippen molar-refractivity contribution >= 4 is 21.6 Å². The van der Waals surface area contributed by atoms with Gasteiger partial charge in [0.15, 0.2) is 0 Å². The minimum atomic E-state index is -3.41. The molecule has 0 unspecified atom stereocenters. The Balaban J connectivity index is 2.01. The van der Waals surface area contributed by atoms with E-state index in [1.165, 1.54) is 10.6 Å². The van der Waals surface area contributed by atoms with Crippen LogP contribution >= 0.6 is 0 Å². The van der Waals surface area contributed by atoms with Crippen LogP contribution in [0.3, 0.4) is 0 Å². The van der Waals surface area contributed by atoms with Gasteiger partial charge in [0.1, 0.15) is 0 Å². The summed E-state index contributed by atoms with van der Waals surface area (Å²) in [5.41, 5.74) is 1.65. The van der Waals surface area contributed by atoms with Crippen LogP contribution in [0.4, 0.5) is 5.69 Å². The second-order valence-corrected chi connectivity index (χ2v) is 7.90. The van der Waals surface area contributed by atoms with Crippen molar-refractivity contribution in [1.82, 2.24) is 5.32 Å². The number of amides is 1. The van der Waals surface area contributed by atoms with Gasteiger partial charge in [-0.3, -0.25) is 9.10 Å². The maximum atomic E-state index is 12.2. The lowest BCUT2D eigenvalue weighted by Crippen LogP contribution is -2.41. The zero-order valence-corrected chi connectivity index (χ0v) is 15.1. The Kier molecular flexibility index (Phi) is 6.62. The van der Waals surface area contributed by atoms with Crippen LogP contribution in [0.5, 0.6) is 0 Å². The Labute approximate surface area is 144 Å². The number of para-hydroxylation sites is 1. The summed E-state index contributed by atoms with van der Waals surface area (Å²) in [6, 6.07) is 7.46. The topological polar surface area (TPSA) is 75.7 Å². The van der Waals surface area contributed by atoms with Crippen LogP contribution < -0.4 is 9.62 Å². The lowest BCUT2D eigenvalue weighted by molar-refractivity contribution is -0.127. The fraction of sp³-hybridized carbons (Fsp3) is 0.588. The molecule has 6 nitrogen and oxygen atoms in total. The predicted octanol–water partition coefficient (Wildman–Crippen LogP) is 1.56. The van der Waals surface area contributed by atoms with Crippen LogP contribution in [0.1, 0.15) is 25.3 Å². The molecule has 1 heterocycles. The summed E-state index contributed by atoms with van der Waals surface area (Å²) in [5, 5.41) is 2.86. The van der Waals surface area contributed by atoms with Crippen LogP contribution in [0.25, 0.3) is 0 Å². The van der Waals surface area contributed by atoms with Crippen molar-refractivity contribution in [3.8, 4) is 0 Å². The highest BCUT2D eigenvalue weighted by Crippen LogP contribution is 2.23. The Bertz CT molecular complexity index is 654. The van der Waals surface area contributed by atoms with E-state index in [1.807, 2.05) is 25.1 Å². The SMILES string of the molecule is CCc1ccccc1N(CCNC(=O)C1CCOCC1)S(C)(=O)=O. The van der Waals surface area contributed by atoms with Gasteiger partial charge in [-0.2, -0.15) is 0 Å². The Morgan fingerprint density at radius 2 is 1.96 bits per heavy atom. The first kappa shape index (κ1) is 18.7. The van der Waals surface area contributed by atoms with E-state index in [0.29, 0.717) is 25.4 Å². The number of benzene rings is 1. The molecule has 0 saturated carbocycles. The second kappa shape index (κ2) is 8.48. The molecule has 2 rings (SSSR count). The normalized spacial score (nSPS) is 15.9. The molecule has 0 radical (unpaired) electrons. The highest BCUT2D eigenvalue weighted by Gasteiger charge is 2.23. The average molecular weight is 354 g/mol. The molecule has 0 aliphatic carbocycles. The number of hydrogen-bond acceptors (Lipinski definition) is 4. The number of rotatable bonds is 7. The van der Waals surface area contributed by atoms with Crippen LogP contribution in [-0.2, 0) is 26.0 Å². The summed E-state index contributed by atoms with van der Waals surface area (Å²) >= 11 is 0. The summed E-state index contributed by atoms with van der Waals surface area (Å²) in [4.78, 5) is 12.2. The molecule has 1 aromatic rings. The van der Waals surface area contributed by atoms with Gasteiger partial charge in [0.2, 0.25) is 15.9 Å². The molecule has 1 saturated heterocycles. The van der Waals surface area contributed by atoms with E-state index in [-0.39, 0.29) is 18.4 Å². The molecule has 0 bridgehead atoms. The highest BCUT2D eigenvalue weighted by molar-refractivity contribution is 7.92. The minimum absolute atomic E-state index is 0.0180. The molecule has 24 heavy (non-hydrogen) atoms. The quantitative estimate of drug-likeness (QED) is 0.806. The van der Waals surface area contributed by atoms with Crippen molar-refractivity contribution < 1.29 is 17.9 Å². The molecule has 7 heteroatoms. The van der Waals surface area contributed by atoms with Gasteiger partial charge in [-0.15, -0.1) is 0 Å². The van der Waals surface area contributed by atoms with Gasteiger partial charge < -0.3 is 10.1 Å². The standard InChI is InChI=1S/C17H26N2O4S/c1-3-14-6-4-5-7-16(14)19(24(2,21)22)11-10-18-17(20)15-8-12-23-13-9-15/h4-7,15H,3,8-13H2,1-2H3,(H,18,20). The van der Waals surface area contributed by atoms with Gasteiger partial charge in [0.05, 0.1) is 18.5 Å². The zero-order valence-electron chi connectivity index (χ0n) is 14.3. The minimum Gasteiger partial charge on any atom is -0.381 e. The highest BCUT2D eigenvalue weighted by atomic mass is 32.2. The number of carbonyl (C=O) groups excluding carboxylic acids is 1. The Morgan fingerprint density at radius 3 is 2.58 bits per heavy atom. The summed E-state index contributed by atoms with van der Waals surface area (Å²) in [7, 11) is -3.41. The maximum absolute atomic E-state index is 12.2. The average Bonchev–Trinajstić information content (AvgIpc) is 2.58. The number of carbonyl (C=O) groups is 1. The predicted molar refractivity (Wildman–Crippen MR) is 94.6 cm³/mol. The smallest absolute Gasteiger partial charge is 0.232 e. The molecule has 1 fully saturated rings. The van der Waals surface area contributed by atoms with E-state index in [0.717, 1.165) is 24.8 Å². The fourth-order valence-corrected chi connectivity index (χ4v) is 3.86. The third-order valence-corrected chi connectivity index (χ3v) is 5.43. The molecular weight excluding hydrogens is 328 g/mol. The maximum Gasteiger partial charge on any atom is 0.232 e. The van der Waals surface area contributed by atoms with E-state index in [1.54, 1.807) is 6.07 Å². The molecule has 134 valence electrons. The first-order valence-corrected chi connectivity index (χ1v) is 10.2. The van der Waals surface area contributed by atoms with E-state index in [4.69, 9.17) is 4.74 Å². The summed E-state index contributed by atoms with van der Waals surface area (Å²) in [6.07, 6.45) is 3.39. The van der Waals surface area contributed by atoms with Crippen molar-refractivity contribution in [2.24, 2.45) is 5.92 Å². The van der Waals surface area contributed by atoms with Crippen molar-refractivity contribution in [3.63, 3.8) is 0 Å². The summed E-state index contributed by atoms with van der Waals surface area (Å²) < 4.78 is 31.0. The lowest BCUT2D eigenvalue weighted by Gasteiger charge is -2.26. The number of sulfonamides is 1. The summed E-state index contributed by atoms with van der Waals surface area (Å²) in [5.74, 6) is -0.0520. The lowest BCUT2D eigenvalue weighted by atomic mass is 9.99. The molecule has 1 amide bonds. The van der Waals surface area contributed by atoms with Gasteiger partial charge >= 0.3 is 0 Å². The third kappa shape index (κ3) is 4.95. The van der Waals surface area contributed by atoms with E-state index >= 15 is 0 Å². The number of ether oxygens (including phenoxy) is 1. The monoisotopic (exact) mass is 354 g/mol. The van der Waals surface area contributed by atoms with Crippen molar-refractivity contribution in [3.05, 3.63) is 29.8 Å². The van der Waals surface area contributed by atoms with Crippen molar-refractivity contribution in [1.29, 1.82) is 0 Å². The van der Waals surface area contributed by atoms with E-state index in [9.17, 15) is 13.2 Å². The number of aryl methyl sites for hydroxylation is 1. The largest absolute Gasteiger partial charge is 0.381 e. The number of nitrogens with one attached hydrogen (secondary N) is 1. The van der Waals surface area contributed by atoms with E-state index < -0.39 is 10.0 Å². The van der Waals surface area contributed by atoms with E-state index in [2.05, 4.69) is 5.32 Å². The van der Waals surface area contributed by atoms with Crippen LogP contribution in [-0.4, -0.2) is 46.9 Å². The molecule has 1 aromatic carbocycles. The molecular formula is C17H26N2O4S. The van der Waals surface area contributed by atoms with Gasteiger partial charge in [0, 0.05) is 25.7 Å². The fourth-order valence-electron chi connectivity index (χ4n) is 2.90. The van der Waals surface area contributed by atoms with Crippen LogP contribution in [0.2, 0.25) is 0 Å². The molecule has 1 aliphatic heterocycles. The van der Waals surface area contributed by atoms with Gasteiger partial charge in [0.25, 0.3) is 0 Å². The first-order chi connectivity index (χ1) is 11.4. The van der Waals surface area contributed by atoms with Crippen molar-refractivity contribution in [2.75, 3.05) is 36.9 Å². The third-order valence-electron chi connectivity index (χ3n) is 4.25. The number of hydrogen-bond donors (Lipinski definition) is 1. The number of nitrogens with zero attached hydrogens (tertiary/aromatic N) is 1. The zero-order chi connectivity index (χ0) is 17.6. The number of anilines is 1. The first-order valence-electron chi connectivity index (χ1n) is 8.34. The van der Waals surface area contributed by atoms with Gasteiger partial charge in [-0.05, 0) is 30.9 Å². The summed E-state index contributed by atoms with van der Waals surface area (Å²) in [6.45, 7) is 3.73. The molecule has 0 spiro atoms. The molecule has 0 atom stereocenters. The van der Waals surface area contributed by atoms with Gasteiger partial charge in [-0.1, -0.05) is 25.1 Å². The Hall–Kier alpha value is -1.60. The molecule has 0 aromatic heterocycles. The van der Waals surface area contributed by atoms with Gasteiger partial charge in [-0.25, -0.2) is 8.42 Å². The Morgan fingerprint density at radius 1 is 1.29 bits per heavy atom. The van der Waals surface area contributed by atoms with Crippen LogP contribution in [0, 0.1) is 5.92 Å². The molecule has 1 N–H and O–H groups in total. The van der Waals surface area contributed by atoms with Crippen molar-refractivity contribution in [2.45, 2.75) is 26.2 Å². The van der Waals surface area contributed by atoms with Crippen LogP contribution in [0.15, 0.2) is 24.3 Å². The second-order valence-electron chi connectivity index (χ2n) is 6.00.